The fraction of sp³-hybridized carbons (Fsp3) is 0.227. The van der Waals surface area contributed by atoms with Crippen LogP contribution in [-0.2, 0) is 37.2 Å². The van der Waals surface area contributed by atoms with Gasteiger partial charge < -0.3 is 28.1 Å². The van der Waals surface area contributed by atoms with E-state index in [4.69, 9.17) is 63.1 Å². The first kappa shape index (κ1) is 43.7. The molecule has 2 aromatic heterocycles. The van der Waals surface area contributed by atoms with Crippen LogP contribution in [0.1, 0.15) is 40.5 Å². The number of halogens is 2. The van der Waals surface area contributed by atoms with Crippen molar-refractivity contribution in [3.63, 3.8) is 0 Å². The van der Waals surface area contributed by atoms with Crippen LogP contribution in [0.15, 0.2) is 137 Å². The zero-order valence-corrected chi connectivity index (χ0v) is 37.6. The van der Waals surface area contributed by atoms with Gasteiger partial charge in [-0.05, 0) is 94.7 Å². The number of aromatic nitrogens is 5. The van der Waals surface area contributed by atoms with Gasteiger partial charge in [-0.15, -0.1) is 5.10 Å². The van der Waals surface area contributed by atoms with Crippen LogP contribution >= 0.6 is 40.3 Å². The topological polar surface area (TPSA) is 141 Å². The summed E-state index contributed by atoms with van der Waals surface area (Å²) in [4.78, 5) is 29.5. The van der Waals surface area contributed by atoms with Crippen LogP contribution in [-0.4, -0.2) is 57.7 Å². The van der Waals surface area contributed by atoms with E-state index in [2.05, 4.69) is 15.3 Å². The lowest BCUT2D eigenvalue weighted by atomic mass is 9.80. The zero-order chi connectivity index (χ0) is 43.4. The van der Waals surface area contributed by atoms with Crippen molar-refractivity contribution in [2.45, 2.75) is 43.1 Å². The molecule has 1 N–H and O–H groups in total. The molecule has 320 valence electrons. The molecule has 0 bridgehead atoms. The Morgan fingerprint density at radius 1 is 0.887 bits per heavy atom. The van der Waals surface area contributed by atoms with E-state index < -0.39 is 41.0 Å². The highest BCUT2D eigenvalue weighted by Gasteiger charge is 2.45. The fourth-order valence-corrected chi connectivity index (χ4v) is 12.1. The van der Waals surface area contributed by atoms with Gasteiger partial charge in [-0.3, -0.25) is 14.3 Å². The molecule has 0 aliphatic carbocycles. The number of benzene rings is 5. The first-order valence-electron chi connectivity index (χ1n) is 19.3. The summed E-state index contributed by atoms with van der Waals surface area (Å²) >= 11 is 20.5. The Labute approximate surface area is 375 Å². The van der Waals surface area contributed by atoms with E-state index in [1.165, 1.54) is 27.0 Å². The molecule has 18 heteroatoms. The monoisotopic (exact) mass is 931 g/mol. The van der Waals surface area contributed by atoms with E-state index in [1.54, 1.807) is 33.3 Å². The average Bonchev–Trinajstić information content (AvgIpc) is 3.88. The first-order valence-corrected chi connectivity index (χ1v) is 24.3. The molecule has 0 radical (unpaired) electrons. The fourth-order valence-electron chi connectivity index (χ4n) is 7.24. The summed E-state index contributed by atoms with van der Waals surface area (Å²) < 4.78 is 40.0. The molecule has 4 atom stereocenters. The lowest BCUT2D eigenvalue weighted by Crippen LogP contribution is -2.38. The Morgan fingerprint density at radius 2 is 1.53 bits per heavy atom. The smallest absolute Gasteiger partial charge is 0.330 e. The average molecular weight is 933 g/mol. The van der Waals surface area contributed by atoms with Crippen LogP contribution in [0.25, 0.3) is 11.0 Å². The normalized spacial score (nSPS) is 17.5. The van der Waals surface area contributed by atoms with Crippen LogP contribution in [0.4, 0.5) is 0 Å². The molecule has 1 saturated heterocycles. The van der Waals surface area contributed by atoms with Gasteiger partial charge in [0.15, 0.2) is 0 Å². The Hall–Kier alpha value is -4.96. The van der Waals surface area contributed by atoms with Gasteiger partial charge in [0.25, 0.3) is 5.56 Å². The Bertz CT molecular complexity index is 2800. The Morgan fingerprint density at radius 3 is 2.19 bits per heavy atom. The lowest BCUT2D eigenvalue weighted by Gasteiger charge is -2.37. The number of aromatic amines is 1. The number of H-pyrrole nitrogens is 1. The number of nitrogens with one attached hydrogen (secondary N) is 1. The number of hydrogen-bond donors (Lipinski definition) is 1. The SMILES string of the molecule is COc1ccc(C(OC[C@H]2O[C@@H](n3cc(C)c(=O)[nH]c3=O)C[C@@H]2OP(=S)(On2nnc3ccccc32)SCc2ccc(Cl)cc2Cl)(c2ccccc2)c2ccc(OC)cc2)cc1. The number of para-hydroxylation sites is 1. The van der Waals surface area contributed by atoms with Gasteiger partial charge in [0.05, 0.1) is 26.9 Å². The third-order valence-corrected chi connectivity index (χ3v) is 15.9. The minimum Gasteiger partial charge on any atom is -0.497 e. The minimum absolute atomic E-state index is 0.0690. The summed E-state index contributed by atoms with van der Waals surface area (Å²) in [7, 11) is 3.23. The minimum atomic E-state index is -3.49. The van der Waals surface area contributed by atoms with E-state index in [9.17, 15) is 9.59 Å². The number of ether oxygens (including phenoxy) is 4. The number of nitrogens with zero attached hydrogens (tertiary/aromatic N) is 4. The third kappa shape index (κ3) is 9.22. The van der Waals surface area contributed by atoms with Crippen LogP contribution in [0.2, 0.25) is 10.0 Å². The van der Waals surface area contributed by atoms with Gasteiger partial charge in [0.1, 0.15) is 40.5 Å². The van der Waals surface area contributed by atoms with Crippen molar-refractivity contribution in [1.82, 2.24) is 24.7 Å². The largest absolute Gasteiger partial charge is 0.497 e. The van der Waals surface area contributed by atoms with E-state index >= 15 is 0 Å². The second kappa shape index (κ2) is 18.8. The number of methoxy groups -OCH3 is 2. The summed E-state index contributed by atoms with van der Waals surface area (Å²) in [6.07, 6.45) is -0.966. The highest BCUT2D eigenvalue weighted by molar-refractivity contribution is 8.67. The Balaban J connectivity index is 1.21. The molecule has 5 aromatic carbocycles. The maximum Gasteiger partial charge on any atom is 0.330 e. The zero-order valence-electron chi connectivity index (χ0n) is 33.6. The molecule has 1 aliphatic rings. The van der Waals surface area contributed by atoms with E-state index in [1.807, 2.05) is 109 Å². The van der Waals surface area contributed by atoms with E-state index in [0.29, 0.717) is 43.9 Å². The van der Waals surface area contributed by atoms with Gasteiger partial charge in [-0.1, -0.05) is 112 Å². The summed E-state index contributed by atoms with van der Waals surface area (Å²) in [5, 5.41) is 9.47. The molecular weight excluding hydrogens is 893 g/mol. The standard InChI is InChI=1S/C44H40Cl2N5O8PS2/c1-28-25-50(43(53)47-42(28)52)41-24-39(58-60(61,62-27-29-13-18-33(45)23-36(29)46)59-51-38-12-8-7-11-37(38)48-49-51)40(57-41)26-56-44(30-9-5-4-6-10-30,31-14-19-34(54-2)20-15-31)32-16-21-35(55-3)22-17-32/h4-23,25,39-41H,24,26-27H2,1-3H3,(H,47,52,53)/t39-,40+,41+,60?/m0/s1. The van der Waals surface area contributed by atoms with E-state index in [0.717, 1.165) is 22.3 Å². The predicted molar refractivity (Wildman–Crippen MR) is 244 cm³/mol. The molecular formula is C44H40Cl2N5O8PS2. The van der Waals surface area contributed by atoms with Gasteiger partial charge in [-0.2, -0.15) is 0 Å². The third-order valence-electron chi connectivity index (χ3n) is 10.4. The summed E-state index contributed by atoms with van der Waals surface area (Å²) in [5.74, 6) is 1.64. The summed E-state index contributed by atoms with van der Waals surface area (Å²) in [5.41, 5.74) is -1.15. The molecule has 13 nitrogen and oxygen atoms in total. The maximum atomic E-state index is 13.4. The second-order valence-corrected chi connectivity index (χ2v) is 21.3. The highest BCUT2D eigenvalue weighted by atomic mass is 35.5. The molecule has 1 fully saturated rings. The van der Waals surface area contributed by atoms with Crippen LogP contribution < -0.4 is 25.3 Å². The second-order valence-electron chi connectivity index (χ2n) is 14.3. The molecule has 0 amide bonds. The number of rotatable bonds is 16. The van der Waals surface area contributed by atoms with Crippen LogP contribution in [0, 0.1) is 6.92 Å². The highest BCUT2D eigenvalue weighted by Crippen LogP contribution is 2.62. The van der Waals surface area contributed by atoms with Crippen molar-refractivity contribution < 1.29 is 28.1 Å². The molecule has 1 unspecified atom stereocenters. The maximum absolute atomic E-state index is 13.4. The van der Waals surface area contributed by atoms with Crippen LogP contribution in [0.5, 0.6) is 11.5 Å². The van der Waals surface area contributed by atoms with Crippen molar-refractivity contribution >= 4 is 63.1 Å². The van der Waals surface area contributed by atoms with Crippen molar-refractivity contribution in [2.24, 2.45) is 0 Å². The first-order chi connectivity index (χ1) is 30.0. The van der Waals surface area contributed by atoms with Crippen molar-refractivity contribution in [2.75, 3.05) is 20.8 Å². The van der Waals surface area contributed by atoms with Crippen molar-refractivity contribution in [3.8, 4) is 11.5 Å². The molecule has 3 heterocycles. The molecule has 0 spiro atoms. The number of hydrogen-bond acceptors (Lipinski definition) is 12. The molecule has 0 saturated carbocycles. The molecule has 8 rings (SSSR count). The molecule has 1 aliphatic heterocycles. The van der Waals surface area contributed by atoms with Gasteiger partial charge in [0.2, 0.25) is 0 Å². The lowest BCUT2D eigenvalue weighted by molar-refractivity contribution is -0.0916. The summed E-state index contributed by atoms with van der Waals surface area (Å²) in [6.45, 7) is 1.55. The Kier molecular flexibility index (Phi) is 13.2. The van der Waals surface area contributed by atoms with Crippen molar-refractivity contribution in [1.29, 1.82) is 0 Å². The van der Waals surface area contributed by atoms with Gasteiger partial charge in [-0.25, -0.2) is 4.79 Å². The summed E-state index contributed by atoms with van der Waals surface area (Å²) in [6, 6.07) is 37.7. The van der Waals surface area contributed by atoms with Gasteiger partial charge >= 0.3 is 11.4 Å². The van der Waals surface area contributed by atoms with Crippen molar-refractivity contribution in [3.05, 3.63) is 186 Å². The molecule has 62 heavy (non-hydrogen) atoms. The van der Waals surface area contributed by atoms with Gasteiger partial charge in [0, 0.05) is 34.0 Å². The quantitative estimate of drug-likeness (QED) is 0.0731. The van der Waals surface area contributed by atoms with E-state index in [-0.39, 0.29) is 13.0 Å². The number of aryl methyl sites for hydroxylation is 1. The van der Waals surface area contributed by atoms with Crippen LogP contribution in [0.3, 0.4) is 0 Å². The predicted octanol–water partition coefficient (Wildman–Crippen LogP) is 8.88. The molecule has 7 aromatic rings. The number of fused-ring (bicyclic) bond motifs is 1.